The van der Waals surface area contributed by atoms with Crippen LogP contribution in [0.15, 0.2) is 104 Å². The molecular formula is C39H52N4O4. The van der Waals surface area contributed by atoms with Crippen molar-refractivity contribution in [3.8, 4) is 5.75 Å². The minimum atomic E-state index is -0.761. The zero-order chi connectivity index (χ0) is 33.9. The summed E-state index contributed by atoms with van der Waals surface area (Å²) in [5.41, 5.74) is 9.01. The van der Waals surface area contributed by atoms with Crippen molar-refractivity contribution in [1.82, 2.24) is 15.2 Å². The number of aliphatic hydroxyl groups is 1. The van der Waals surface area contributed by atoms with Crippen molar-refractivity contribution in [2.24, 2.45) is 17.6 Å². The Morgan fingerprint density at radius 2 is 1.89 bits per heavy atom. The number of primary amides is 1. The summed E-state index contributed by atoms with van der Waals surface area (Å²) >= 11 is 0. The van der Waals surface area contributed by atoms with Gasteiger partial charge in [-0.1, -0.05) is 81.1 Å². The van der Waals surface area contributed by atoms with Crippen molar-refractivity contribution >= 4 is 22.7 Å². The third-order valence-corrected chi connectivity index (χ3v) is 8.35. The van der Waals surface area contributed by atoms with Gasteiger partial charge in [0.15, 0.2) is 0 Å². The number of benzene rings is 2. The van der Waals surface area contributed by atoms with Crippen LogP contribution in [-0.4, -0.2) is 65.7 Å². The molecule has 3 aromatic rings. The van der Waals surface area contributed by atoms with Gasteiger partial charge in [-0.15, -0.1) is 0 Å². The highest BCUT2D eigenvalue weighted by atomic mass is 16.5. The Labute approximate surface area is 280 Å². The first kappa shape index (κ1) is 37.2. The van der Waals surface area contributed by atoms with Crippen molar-refractivity contribution in [2.45, 2.75) is 58.0 Å². The standard InChI is InChI=1S/C29H38N4O4.C10H14/c1-3-9-21(4-2)10-5-6-15-32-29(36)25-19-33(17-14-23(25)28(30)35)18-22(34)20-37-27-13-7-12-26-24(27)11-8-16-31-26;1-2-3-7-10-8-5-4-6-9-10/h3-4,7-9,11-13,16,22-23,25,34H,1-2,5-6,10,14-15,17-20H2,(H2,30,35)(H,32,36);4-6,8-9H,2-3,7H2,1H3/b21-9+;. The quantitative estimate of drug-likeness (QED) is 0.123. The van der Waals surface area contributed by atoms with Crippen LogP contribution in [0.2, 0.25) is 0 Å². The summed E-state index contributed by atoms with van der Waals surface area (Å²) in [4.78, 5) is 31.3. The Morgan fingerprint density at radius 1 is 1.09 bits per heavy atom. The first-order chi connectivity index (χ1) is 22.9. The van der Waals surface area contributed by atoms with E-state index in [2.05, 4.69) is 60.7 Å². The second-order valence-electron chi connectivity index (χ2n) is 12.0. The summed E-state index contributed by atoms with van der Waals surface area (Å²) in [6, 6.07) is 20.0. The largest absolute Gasteiger partial charge is 0.490 e. The number of nitrogens with zero attached hydrogens (tertiary/aromatic N) is 2. The number of hydrogen-bond donors (Lipinski definition) is 3. The molecule has 4 N–H and O–H groups in total. The molecule has 8 nitrogen and oxygen atoms in total. The Balaban J connectivity index is 0.000000511. The van der Waals surface area contributed by atoms with Crippen LogP contribution >= 0.6 is 0 Å². The van der Waals surface area contributed by atoms with E-state index in [1.54, 1.807) is 12.3 Å². The number of aromatic nitrogens is 1. The Morgan fingerprint density at radius 3 is 2.62 bits per heavy atom. The second-order valence-corrected chi connectivity index (χ2v) is 12.0. The van der Waals surface area contributed by atoms with Crippen molar-refractivity contribution in [3.05, 3.63) is 109 Å². The normalized spacial score (nSPS) is 17.2. The maximum Gasteiger partial charge on any atom is 0.225 e. The number of hydrogen-bond acceptors (Lipinski definition) is 6. The molecule has 0 radical (unpaired) electrons. The van der Waals surface area contributed by atoms with E-state index in [0.717, 1.165) is 35.7 Å². The van der Waals surface area contributed by atoms with Crippen LogP contribution in [0.3, 0.4) is 0 Å². The van der Waals surface area contributed by atoms with E-state index in [4.69, 9.17) is 10.5 Å². The zero-order valence-electron chi connectivity index (χ0n) is 27.9. The molecule has 2 aromatic carbocycles. The van der Waals surface area contributed by atoms with Gasteiger partial charge in [0.1, 0.15) is 18.5 Å². The van der Waals surface area contributed by atoms with E-state index in [1.807, 2.05) is 47.4 Å². The summed E-state index contributed by atoms with van der Waals surface area (Å²) in [7, 11) is 0. The fourth-order valence-electron chi connectivity index (χ4n) is 5.76. The van der Waals surface area contributed by atoms with Gasteiger partial charge < -0.3 is 20.9 Å². The molecule has 0 saturated carbocycles. The van der Waals surface area contributed by atoms with Crippen molar-refractivity contribution in [2.75, 3.05) is 32.8 Å². The number of likely N-dealkylation sites (tertiary alicyclic amines) is 1. The SMILES string of the molecule is C=C/C=C(\C=C)CCCCNC(=O)C1CN(CC(O)COc2cccc3ncccc23)CCC1C(N)=O.CCCCc1ccccc1. The average molecular weight is 641 g/mol. The number of aliphatic hydroxyl groups excluding tert-OH is 1. The van der Waals surface area contributed by atoms with Gasteiger partial charge in [0.05, 0.1) is 17.4 Å². The minimum absolute atomic E-state index is 0.105. The van der Waals surface area contributed by atoms with Gasteiger partial charge >= 0.3 is 0 Å². The van der Waals surface area contributed by atoms with Crippen LogP contribution in [0.1, 0.15) is 51.0 Å². The number of nitrogens with one attached hydrogen (secondary N) is 1. The second kappa shape index (κ2) is 20.8. The molecule has 1 aliphatic rings. The molecule has 1 saturated heterocycles. The molecule has 0 aliphatic carbocycles. The van der Waals surface area contributed by atoms with Gasteiger partial charge in [-0.2, -0.15) is 0 Å². The van der Waals surface area contributed by atoms with Gasteiger partial charge in [-0.05, 0) is 80.5 Å². The number of fused-ring (bicyclic) bond motifs is 1. The maximum atomic E-state index is 13.0. The fraction of sp³-hybridized carbons (Fsp3) is 0.410. The first-order valence-corrected chi connectivity index (χ1v) is 16.8. The van der Waals surface area contributed by atoms with Crippen LogP contribution < -0.4 is 15.8 Å². The number of nitrogens with two attached hydrogens (primary N) is 1. The lowest BCUT2D eigenvalue weighted by Crippen LogP contribution is -2.52. The third-order valence-electron chi connectivity index (χ3n) is 8.35. The number of pyridine rings is 1. The van der Waals surface area contributed by atoms with Crippen LogP contribution in [-0.2, 0) is 16.0 Å². The molecule has 0 bridgehead atoms. The number of unbranched alkanes of at least 4 members (excludes halogenated alkanes) is 2. The first-order valence-electron chi connectivity index (χ1n) is 16.8. The highest BCUT2D eigenvalue weighted by molar-refractivity contribution is 5.87. The molecule has 1 fully saturated rings. The maximum absolute atomic E-state index is 13.0. The van der Waals surface area contributed by atoms with Gasteiger partial charge in [-0.25, -0.2) is 0 Å². The molecule has 2 amide bonds. The summed E-state index contributed by atoms with van der Waals surface area (Å²) < 4.78 is 5.89. The molecule has 3 atom stereocenters. The molecule has 1 aliphatic heterocycles. The zero-order valence-corrected chi connectivity index (χ0v) is 27.9. The average Bonchev–Trinajstić information content (AvgIpc) is 3.09. The fourth-order valence-corrected chi connectivity index (χ4v) is 5.76. The number of carbonyl (C=O) groups is 2. The van der Waals surface area contributed by atoms with E-state index < -0.39 is 23.8 Å². The number of β-amino-alcohol motifs (C(OH)–C–C–N with tert-alkyl or cyclic N) is 1. The molecule has 47 heavy (non-hydrogen) atoms. The van der Waals surface area contributed by atoms with E-state index in [9.17, 15) is 14.7 Å². The minimum Gasteiger partial charge on any atom is -0.490 e. The topological polar surface area (TPSA) is 118 Å². The number of allylic oxidation sites excluding steroid dienone is 4. The molecule has 1 aromatic heterocycles. The number of ether oxygens (including phenoxy) is 1. The molecule has 3 unspecified atom stereocenters. The molecule has 2 heterocycles. The molecule has 8 heteroatoms. The van der Waals surface area contributed by atoms with Gasteiger partial charge in [0, 0.05) is 31.2 Å². The van der Waals surface area contributed by atoms with Crippen LogP contribution in [0.5, 0.6) is 5.75 Å². The predicted molar refractivity (Wildman–Crippen MR) is 191 cm³/mol. The summed E-state index contributed by atoms with van der Waals surface area (Å²) in [6.07, 6.45) is 13.3. The van der Waals surface area contributed by atoms with E-state index in [0.29, 0.717) is 38.3 Å². The molecule has 4 rings (SSSR count). The number of carbonyl (C=O) groups excluding carboxylic acids is 2. The lowest BCUT2D eigenvalue weighted by molar-refractivity contribution is -0.136. The Kier molecular flexibility index (Phi) is 16.4. The van der Waals surface area contributed by atoms with E-state index in [-0.39, 0.29) is 12.5 Å². The predicted octanol–water partition coefficient (Wildman–Crippen LogP) is 6.01. The number of aryl methyl sites for hydroxylation is 1. The lowest BCUT2D eigenvalue weighted by Gasteiger charge is -2.37. The van der Waals surface area contributed by atoms with Crippen molar-refractivity contribution in [3.63, 3.8) is 0 Å². The number of rotatable bonds is 17. The lowest BCUT2D eigenvalue weighted by atomic mass is 9.84. The van der Waals surface area contributed by atoms with Crippen LogP contribution in [0.25, 0.3) is 10.9 Å². The molecule has 252 valence electrons. The smallest absolute Gasteiger partial charge is 0.225 e. The Bertz CT molecular complexity index is 1440. The van der Waals surface area contributed by atoms with Gasteiger partial charge in [0.25, 0.3) is 0 Å². The monoisotopic (exact) mass is 640 g/mol. The highest BCUT2D eigenvalue weighted by Crippen LogP contribution is 2.26. The summed E-state index contributed by atoms with van der Waals surface area (Å²) in [5.74, 6) is -1.04. The third kappa shape index (κ3) is 12.8. The molecule has 0 spiro atoms. The van der Waals surface area contributed by atoms with Crippen molar-refractivity contribution in [1.29, 1.82) is 0 Å². The van der Waals surface area contributed by atoms with Crippen LogP contribution in [0.4, 0.5) is 0 Å². The van der Waals surface area contributed by atoms with Gasteiger partial charge in [-0.3, -0.25) is 19.5 Å². The van der Waals surface area contributed by atoms with E-state index in [1.165, 1.54) is 24.8 Å². The molecular weight excluding hydrogens is 588 g/mol. The highest BCUT2D eigenvalue weighted by Gasteiger charge is 2.37. The van der Waals surface area contributed by atoms with Crippen molar-refractivity contribution < 1.29 is 19.4 Å². The number of amides is 2. The van der Waals surface area contributed by atoms with E-state index >= 15 is 0 Å². The summed E-state index contributed by atoms with van der Waals surface area (Å²) in [6.45, 7) is 11.6. The Hall–Kier alpha value is -4.27. The van der Waals surface area contributed by atoms with Gasteiger partial charge in [0.2, 0.25) is 11.8 Å². The number of piperidine rings is 1. The summed E-state index contributed by atoms with van der Waals surface area (Å²) in [5, 5.41) is 14.5. The van der Waals surface area contributed by atoms with Crippen LogP contribution in [0, 0.1) is 11.8 Å².